The molecule has 0 aliphatic carbocycles. The number of amides is 1. The van der Waals surface area contributed by atoms with E-state index in [4.69, 9.17) is 4.74 Å². The quantitative estimate of drug-likeness (QED) is 0.658. The van der Waals surface area contributed by atoms with Crippen LogP contribution in [-0.4, -0.2) is 22.1 Å². The first kappa shape index (κ1) is 18.1. The molecule has 0 radical (unpaired) electrons. The third-order valence-electron chi connectivity index (χ3n) is 3.83. The largest absolute Gasteiger partial charge is 0.481 e. The van der Waals surface area contributed by atoms with Crippen LogP contribution in [0.5, 0.6) is 5.75 Å². The van der Waals surface area contributed by atoms with Gasteiger partial charge in [-0.15, -0.1) is 0 Å². The first-order chi connectivity index (χ1) is 12.5. The molecular formula is C19H17BrFN3O2. The van der Waals surface area contributed by atoms with Gasteiger partial charge in [-0.1, -0.05) is 28.1 Å². The monoisotopic (exact) mass is 417 g/mol. The second-order valence-corrected chi connectivity index (χ2v) is 6.63. The Morgan fingerprint density at radius 1 is 1.31 bits per heavy atom. The topological polar surface area (TPSA) is 56.1 Å². The molecule has 1 atom stereocenters. The van der Waals surface area contributed by atoms with Crippen molar-refractivity contribution in [3.63, 3.8) is 0 Å². The van der Waals surface area contributed by atoms with Gasteiger partial charge in [-0.2, -0.15) is 0 Å². The van der Waals surface area contributed by atoms with Crippen molar-refractivity contribution in [2.24, 2.45) is 0 Å². The fraction of sp³-hybridized carbons (Fsp3) is 0.158. The van der Waals surface area contributed by atoms with Gasteiger partial charge >= 0.3 is 0 Å². The maximum absolute atomic E-state index is 13.7. The average Bonchev–Trinajstić information content (AvgIpc) is 3.16. The lowest BCUT2D eigenvalue weighted by atomic mass is 10.1. The number of carbonyl (C=O) groups excluding carboxylic acids is 1. The highest BCUT2D eigenvalue weighted by atomic mass is 79.9. The smallest absolute Gasteiger partial charge is 0.258 e. The summed E-state index contributed by atoms with van der Waals surface area (Å²) in [7, 11) is 0. The second-order valence-electron chi connectivity index (χ2n) is 5.71. The van der Waals surface area contributed by atoms with Gasteiger partial charge in [-0.25, -0.2) is 9.37 Å². The Morgan fingerprint density at radius 3 is 2.73 bits per heavy atom. The first-order valence-electron chi connectivity index (χ1n) is 7.98. The van der Waals surface area contributed by atoms with Crippen LogP contribution in [0.2, 0.25) is 0 Å². The van der Waals surface area contributed by atoms with E-state index in [1.165, 1.54) is 12.1 Å². The third kappa shape index (κ3) is 4.49. The van der Waals surface area contributed by atoms with Gasteiger partial charge in [0.2, 0.25) is 0 Å². The van der Waals surface area contributed by atoms with Gasteiger partial charge in [0.25, 0.3) is 5.91 Å². The summed E-state index contributed by atoms with van der Waals surface area (Å²) in [5.41, 5.74) is 1.94. The molecule has 1 aromatic heterocycles. The Morgan fingerprint density at radius 2 is 2.08 bits per heavy atom. The molecule has 3 aromatic rings. The molecule has 5 nitrogen and oxygen atoms in total. The van der Waals surface area contributed by atoms with Gasteiger partial charge in [0.15, 0.2) is 18.2 Å². The zero-order chi connectivity index (χ0) is 18.5. The van der Waals surface area contributed by atoms with Crippen LogP contribution in [-0.2, 0) is 4.79 Å². The number of nitrogens with zero attached hydrogens (tertiary/aromatic N) is 2. The van der Waals surface area contributed by atoms with Gasteiger partial charge in [-0.3, -0.25) is 4.79 Å². The fourth-order valence-corrected chi connectivity index (χ4v) is 2.78. The SMILES string of the molecule is CC(NC(=O)COc1ccc(Br)cc1F)c1ccc(-n2ccnc2)cc1. The number of carbonyl (C=O) groups is 1. The van der Waals surface area contributed by atoms with Crippen molar-refractivity contribution < 1.29 is 13.9 Å². The van der Waals surface area contributed by atoms with E-state index in [1.54, 1.807) is 18.6 Å². The van der Waals surface area contributed by atoms with E-state index in [9.17, 15) is 9.18 Å². The Hall–Kier alpha value is -2.67. The van der Waals surface area contributed by atoms with Crippen molar-refractivity contribution in [1.82, 2.24) is 14.9 Å². The lowest BCUT2D eigenvalue weighted by Gasteiger charge is -2.15. The van der Waals surface area contributed by atoms with Crippen molar-refractivity contribution in [3.8, 4) is 11.4 Å². The second kappa shape index (κ2) is 8.14. The highest BCUT2D eigenvalue weighted by Crippen LogP contribution is 2.21. The maximum Gasteiger partial charge on any atom is 0.258 e. The number of aromatic nitrogens is 2. The van der Waals surface area contributed by atoms with E-state index in [2.05, 4.69) is 26.2 Å². The summed E-state index contributed by atoms with van der Waals surface area (Å²) in [6.07, 6.45) is 5.29. The highest BCUT2D eigenvalue weighted by Gasteiger charge is 2.12. The molecule has 0 fully saturated rings. The van der Waals surface area contributed by atoms with Crippen molar-refractivity contribution in [3.05, 3.63) is 77.0 Å². The van der Waals surface area contributed by atoms with Crippen molar-refractivity contribution in [2.45, 2.75) is 13.0 Å². The fourth-order valence-electron chi connectivity index (χ4n) is 2.45. The lowest BCUT2D eigenvalue weighted by molar-refractivity contribution is -0.123. The van der Waals surface area contributed by atoms with E-state index in [0.717, 1.165) is 11.3 Å². The van der Waals surface area contributed by atoms with Crippen LogP contribution in [0.4, 0.5) is 4.39 Å². The zero-order valence-corrected chi connectivity index (χ0v) is 15.6. The van der Waals surface area contributed by atoms with Crippen LogP contribution in [0.15, 0.2) is 65.7 Å². The number of nitrogens with one attached hydrogen (secondary N) is 1. The van der Waals surface area contributed by atoms with E-state index in [0.29, 0.717) is 4.47 Å². The van der Waals surface area contributed by atoms with Gasteiger partial charge in [0.05, 0.1) is 12.4 Å². The van der Waals surface area contributed by atoms with E-state index in [-0.39, 0.29) is 24.3 Å². The number of ether oxygens (including phenoxy) is 1. The molecule has 0 aliphatic heterocycles. The maximum atomic E-state index is 13.7. The molecule has 0 bridgehead atoms. The van der Waals surface area contributed by atoms with Crippen LogP contribution >= 0.6 is 15.9 Å². The van der Waals surface area contributed by atoms with E-state index < -0.39 is 5.82 Å². The van der Waals surface area contributed by atoms with Gasteiger partial charge in [-0.05, 0) is 42.8 Å². The predicted molar refractivity (Wildman–Crippen MR) is 99.7 cm³/mol. The predicted octanol–water partition coefficient (Wildman–Crippen LogP) is 4.03. The summed E-state index contributed by atoms with van der Waals surface area (Å²) in [6, 6.07) is 12.0. The standard InChI is InChI=1S/C19H17BrFN3O2/c1-13(14-2-5-16(6-3-14)24-9-8-22-12-24)23-19(25)11-26-18-7-4-15(20)10-17(18)21/h2-10,12-13H,11H2,1H3,(H,23,25). The van der Waals surface area contributed by atoms with E-state index >= 15 is 0 Å². The minimum Gasteiger partial charge on any atom is -0.481 e. The third-order valence-corrected chi connectivity index (χ3v) is 4.32. The van der Waals surface area contributed by atoms with E-state index in [1.807, 2.05) is 42.0 Å². The van der Waals surface area contributed by atoms with Crippen molar-refractivity contribution in [1.29, 1.82) is 0 Å². The summed E-state index contributed by atoms with van der Waals surface area (Å²) >= 11 is 3.17. The van der Waals surface area contributed by atoms with Crippen molar-refractivity contribution >= 4 is 21.8 Å². The van der Waals surface area contributed by atoms with Crippen LogP contribution in [0.3, 0.4) is 0 Å². The summed E-state index contributed by atoms with van der Waals surface area (Å²) < 4.78 is 21.4. The Bertz CT molecular complexity index is 882. The number of rotatable bonds is 6. The number of hydrogen-bond acceptors (Lipinski definition) is 3. The van der Waals surface area contributed by atoms with Gasteiger partial charge in [0, 0.05) is 22.6 Å². The summed E-state index contributed by atoms with van der Waals surface area (Å²) in [4.78, 5) is 16.1. The summed E-state index contributed by atoms with van der Waals surface area (Å²) in [6.45, 7) is 1.63. The molecule has 3 rings (SSSR count). The van der Waals surface area contributed by atoms with Crippen molar-refractivity contribution in [2.75, 3.05) is 6.61 Å². The molecule has 1 unspecified atom stereocenters. The van der Waals surface area contributed by atoms with Gasteiger partial charge < -0.3 is 14.6 Å². The summed E-state index contributed by atoms with van der Waals surface area (Å²) in [5, 5.41) is 2.84. The summed E-state index contributed by atoms with van der Waals surface area (Å²) in [5.74, 6) is -0.797. The number of hydrogen-bond donors (Lipinski definition) is 1. The van der Waals surface area contributed by atoms with Crippen LogP contribution in [0.1, 0.15) is 18.5 Å². The number of benzene rings is 2. The molecule has 0 saturated carbocycles. The zero-order valence-electron chi connectivity index (χ0n) is 14.0. The molecule has 134 valence electrons. The Labute approximate surface area is 159 Å². The molecule has 0 spiro atoms. The highest BCUT2D eigenvalue weighted by molar-refractivity contribution is 9.10. The molecule has 0 aliphatic rings. The molecular weight excluding hydrogens is 401 g/mol. The van der Waals surface area contributed by atoms with Crippen LogP contribution < -0.4 is 10.1 Å². The normalized spacial score (nSPS) is 11.8. The molecule has 1 amide bonds. The minimum absolute atomic E-state index is 0.0423. The molecule has 0 saturated heterocycles. The van der Waals surface area contributed by atoms with Crippen LogP contribution in [0, 0.1) is 5.82 Å². The van der Waals surface area contributed by atoms with Crippen LogP contribution in [0.25, 0.3) is 5.69 Å². The minimum atomic E-state index is -0.518. The Kier molecular flexibility index (Phi) is 5.68. The molecule has 7 heteroatoms. The first-order valence-corrected chi connectivity index (χ1v) is 8.78. The molecule has 2 aromatic carbocycles. The average molecular weight is 418 g/mol. The molecule has 26 heavy (non-hydrogen) atoms. The molecule has 1 N–H and O–H groups in total. The van der Waals surface area contributed by atoms with Gasteiger partial charge in [0.1, 0.15) is 0 Å². The number of halogens is 2. The Balaban J connectivity index is 1.55. The molecule has 1 heterocycles. The lowest BCUT2D eigenvalue weighted by Crippen LogP contribution is -2.31. The number of imidazole rings is 1.